The maximum atomic E-state index is 11.7. The molecule has 8 heteroatoms. The highest BCUT2D eigenvalue weighted by Crippen LogP contribution is 2.42. The first kappa shape index (κ1) is 24.5. The molecule has 5 aromatic rings. The number of hydrogen-bond acceptors (Lipinski definition) is 6. The van der Waals surface area contributed by atoms with Crippen molar-refractivity contribution in [2.75, 3.05) is 19.6 Å². The van der Waals surface area contributed by atoms with Crippen LogP contribution in [0.4, 0.5) is 0 Å². The second-order valence-electron chi connectivity index (χ2n) is 10.7. The highest BCUT2D eigenvalue weighted by atomic mass is 32.2. The molecule has 2 fully saturated rings. The summed E-state index contributed by atoms with van der Waals surface area (Å²) in [4.78, 5) is 7.60. The third-order valence-electron chi connectivity index (χ3n) is 8.00. The van der Waals surface area contributed by atoms with Crippen molar-refractivity contribution < 1.29 is 13.5 Å². The van der Waals surface area contributed by atoms with Crippen molar-refractivity contribution >= 4 is 27.5 Å². The van der Waals surface area contributed by atoms with Gasteiger partial charge in [0.1, 0.15) is 11.4 Å². The van der Waals surface area contributed by atoms with Crippen molar-refractivity contribution in [3.05, 3.63) is 79.3 Å². The molecule has 3 heterocycles. The van der Waals surface area contributed by atoms with Gasteiger partial charge in [0.15, 0.2) is 5.65 Å². The summed E-state index contributed by atoms with van der Waals surface area (Å²) < 4.78 is 31.7. The van der Waals surface area contributed by atoms with Crippen LogP contribution in [0.25, 0.3) is 38.7 Å². The van der Waals surface area contributed by atoms with Gasteiger partial charge < -0.3 is 9.29 Å². The molecule has 0 bridgehead atoms. The Balaban J connectivity index is 1.14. The van der Waals surface area contributed by atoms with Gasteiger partial charge in [-0.2, -0.15) is 5.10 Å². The van der Waals surface area contributed by atoms with E-state index in [0.29, 0.717) is 11.0 Å². The molecule has 198 valence electrons. The van der Waals surface area contributed by atoms with Gasteiger partial charge >= 0.3 is 0 Å². The molecule has 2 aliphatic rings. The molecule has 1 saturated carbocycles. The zero-order chi connectivity index (χ0) is 26.4. The monoisotopic (exact) mass is 537 g/mol. The Kier molecular flexibility index (Phi) is 6.18. The van der Waals surface area contributed by atoms with Gasteiger partial charge in [-0.15, -0.1) is 0 Å². The van der Waals surface area contributed by atoms with Crippen molar-refractivity contribution in [1.82, 2.24) is 19.5 Å². The van der Waals surface area contributed by atoms with Gasteiger partial charge in [0.25, 0.3) is 0 Å². The Bertz CT molecular complexity index is 1690. The number of rotatable bonds is 7. The number of ether oxygens (including phenoxy) is 1. The van der Waals surface area contributed by atoms with Gasteiger partial charge in [-0.05, 0) is 90.0 Å². The highest BCUT2D eigenvalue weighted by Gasteiger charge is 2.46. The van der Waals surface area contributed by atoms with Gasteiger partial charge in [-0.3, -0.25) is 9.11 Å². The smallest absolute Gasteiger partial charge is 0.162 e. The van der Waals surface area contributed by atoms with Crippen molar-refractivity contribution in [1.29, 1.82) is 0 Å². The predicted octanol–water partition coefficient (Wildman–Crippen LogP) is 5.85. The fourth-order valence-electron chi connectivity index (χ4n) is 5.79. The minimum Gasteiger partial charge on any atom is -0.768 e. The number of piperidine rings is 1. The van der Waals surface area contributed by atoms with Crippen LogP contribution in [0.15, 0.2) is 84.1 Å². The summed E-state index contributed by atoms with van der Waals surface area (Å²) in [5.74, 6) is 0.915. The fraction of sp³-hybridized carbons (Fsp3) is 0.290. The Morgan fingerprint density at radius 3 is 2.38 bits per heavy atom. The first-order valence-corrected chi connectivity index (χ1v) is 14.6. The van der Waals surface area contributed by atoms with E-state index in [2.05, 4.69) is 34.3 Å². The minimum absolute atomic E-state index is 0.0180. The molecule has 7 nitrogen and oxygen atoms in total. The third-order valence-corrected chi connectivity index (χ3v) is 8.72. The average Bonchev–Trinajstić information content (AvgIpc) is 3.58. The summed E-state index contributed by atoms with van der Waals surface area (Å²) in [6.45, 7) is 3.41. The van der Waals surface area contributed by atoms with Crippen LogP contribution < -0.4 is 4.74 Å². The summed E-state index contributed by atoms with van der Waals surface area (Å²) >= 11 is -2.31. The van der Waals surface area contributed by atoms with Crippen LogP contribution in [0.1, 0.15) is 32.1 Å². The summed E-state index contributed by atoms with van der Waals surface area (Å²) in [5, 5.41) is 6.12. The van der Waals surface area contributed by atoms with Crippen LogP contribution in [0.5, 0.6) is 5.75 Å². The topological polar surface area (TPSA) is 82.8 Å². The molecule has 39 heavy (non-hydrogen) atoms. The van der Waals surface area contributed by atoms with Crippen LogP contribution in [-0.2, 0) is 11.1 Å². The molecular weight excluding hydrogens is 508 g/mol. The van der Waals surface area contributed by atoms with Crippen molar-refractivity contribution in [2.45, 2.75) is 42.6 Å². The van der Waals surface area contributed by atoms with Crippen LogP contribution in [-0.4, -0.2) is 53.5 Å². The van der Waals surface area contributed by atoms with Crippen molar-refractivity contribution in [2.24, 2.45) is 0 Å². The van der Waals surface area contributed by atoms with Gasteiger partial charge in [0.2, 0.25) is 0 Å². The Labute approximate surface area is 229 Å². The summed E-state index contributed by atoms with van der Waals surface area (Å²) in [5.41, 5.74) is 4.45. The molecule has 0 radical (unpaired) electrons. The van der Waals surface area contributed by atoms with E-state index < -0.39 is 11.1 Å². The lowest BCUT2D eigenvalue weighted by Crippen LogP contribution is -2.40. The number of aromatic nitrogens is 3. The second-order valence-corrected chi connectivity index (χ2v) is 11.6. The molecule has 1 aliphatic heterocycles. The maximum Gasteiger partial charge on any atom is 0.162 e. The SMILES string of the molecule is O=S([O-])c1ccc(-c2cnn3cc(-c4ccc(OC5(CN6CCCCC6)CC5)cc4)cnc23)c2ccccc12. The first-order chi connectivity index (χ1) is 19.1. The summed E-state index contributed by atoms with van der Waals surface area (Å²) in [7, 11) is 0. The van der Waals surface area contributed by atoms with Crippen LogP contribution in [0, 0.1) is 0 Å². The molecule has 0 spiro atoms. The molecule has 1 atom stereocenters. The quantitative estimate of drug-likeness (QED) is 0.242. The van der Waals surface area contributed by atoms with Crippen LogP contribution in [0.2, 0.25) is 0 Å². The molecular formula is C31H29N4O3S-. The van der Waals surface area contributed by atoms with E-state index in [1.54, 1.807) is 16.8 Å². The fourth-order valence-corrected chi connectivity index (χ4v) is 6.32. The molecule has 3 aromatic carbocycles. The lowest BCUT2D eigenvalue weighted by Gasteiger charge is -2.30. The van der Waals surface area contributed by atoms with E-state index in [9.17, 15) is 8.76 Å². The van der Waals surface area contributed by atoms with E-state index in [1.165, 1.54) is 32.4 Å². The summed E-state index contributed by atoms with van der Waals surface area (Å²) in [6.07, 6.45) is 11.8. The maximum absolute atomic E-state index is 11.7. The standard InChI is InChI=1S/C31H30N4O3S/c36-39(37)29-13-12-26(25-6-2-3-7-27(25)29)28-19-33-35-20-23(18-32-30(28)35)22-8-10-24(11-9-22)38-31(14-15-31)21-34-16-4-1-5-17-34/h2-3,6-13,18-20H,1,4-5,14-17,21H2,(H,36,37)/p-1. The first-order valence-electron chi connectivity index (χ1n) is 13.6. The molecule has 1 saturated heterocycles. The van der Waals surface area contributed by atoms with Gasteiger partial charge in [-0.1, -0.05) is 48.9 Å². The molecule has 1 aliphatic carbocycles. The second kappa shape index (κ2) is 9.86. The molecule has 2 aromatic heterocycles. The number of benzene rings is 3. The number of fused-ring (bicyclic) bond motifs is 2. The van der Waals surface area contributed by atoms with Crippen molar-refractivity contribution in [3.63, 3.8) is 0 Å². The lowest BCUT2D eigenvalue weighted by atomic mass is 10.00. The normalized spacial score (nSPS) is 17.9. The highest BCUT2D eigenvalue weighted by molar-refractivity contribution is 7.79. The lowest BCUT2D eigenvalue weighted by molar-refractivity contribution is 0.101. The number of nitrogens with zero attached hydrogens (tertiary/aromatic N) is 4. The van der Waals surface area contributed by atoms with E-state index >= 15 is 0 Å². The molecule has 1 unspecified atom stereocenters. The minimum atomic E-state index is -2.31. The predicted molar refractivity (Wildman–Crippen MR) is 151 cm³/mol. The largest absolute Gasteiger partial charge is 0.768 e. The molecule has 0 N–H and O–H groups in total. The van der Waals surface area contributed by atoms with E-state index in [-0.39, 0.29) is 10.5 Å². The number of likely N-dealkylation sites (tertiary alicyclic amines) is 1. The van der Waals surface area contributed by atoms with Gasteiger partial charge in [0.05, 0.1) is 6.20 Å². The Morgan fingerprint density at radius 2 is 1.64 bits per heavy atom. The molecule has 7 rings (SSSR count). The zero-order valence-electron chi connectivity index (χ0n) is 21.6. The Morgan fingerprint density at radius 1 is 0.872 bits per heavy atom. The third kappa shape index (κ3) is 4.73. The van der Waals surface area contributed by atoms with Gasteiger partial charge in [-0.25, -0.2) is 9.50 Å². The van der Waals surface area contributed by atoms with E-state index in [4.69, 9.17) is 9.72 Å². The van der Waals surface area contributed by atoms with Gasteiger partial charge in [0, 0.05) is 35.0 Å². The zero-order valence-corrected chi connectivity index (χ0v) is 22.4. The van der Waals surface area contributed by atoms with Crippen molar-refractivity contribution in [3.8, 4) is 28.0 Å². The van der Waals surface area contributed by atoms with E-state index in [1.807, 2.05) is 42.7 Å². The molecule has 0 amide bonds. The Hall–Kier alpha value is -3.59. The number of hydrogen-bond donors (Lipinski definition) is 0. The average molecular weight is 538 g/mol. The summed E-state index contributed by atoms with van der Waals surface area (Å²) in [6, 6.07) is 19.2. The van der Waals surface area contributed by atoms with Crippen LogP contribution >= 0.6 is 0 Å². The van der Waals surface area contributed by atoms with Crippen LogP contribution in [0.3, 0.4) is 0 Å². The van der Waals surface area contributed by atoms with E-state index in [0.717, 1.165) is 52.8 Å².